The molecule has 3 heterocycles. The molecule has 5 nitrogen and oxygen atoms in total. The number of piperidine rings is 1. The number of carbonyl (C=O) groups is 1. The van der Waals surface area contributed by atoms with E-state index >= 15 is 0 Å². The first-order valence-corrected chi connectivity index (χ1v) is 9.18. The Morgan fingerprint density at radius 1 is 0.885 bits per heavy atom. The molecular formula is C21H21NO4. The molecule has 1 spiro atoms. The van der Waals surface area contributed by atoms with Gasteiger partial charge in [0, 0.05) is 37.1 Å². The van der Waals surface area contributed by atoms with Crippen LogP contribution >= 0.6 is 0 Å². The van der Waals surface area contributed by atoms with E-state index in [1.807, 2.05) is 53.4 Å². The van der Waals surface area contributed by atoms with Gasteiger partial charge in [0.1, 0.15) is 11.5 Å². The molecule has 0 aromatic heterocycles. The van der Waals surface area contributed by atoms with Gasteiger partial charge in [-0.05, 0) is 12.1 Å². The number of para-hydroxylation sites is 2. The second-order valence-electron chi connectivity index (χ2n) is 7.04. The molecule has 3 aliphatic heterocycles. The number of likely N-dealkylation sites (tertiary alicyclic amines) is 1. The smallest absolute Gasteiger partial charge is 0.234 e. The second kappa shape index (κ2) is 6.11. The maximum absolute atomic E-state index is 13.5. The van der Waals surface area contributed by atoms with Gasteiger partial charge in [0.2, 0.25) is 5.91 Å². The van der Waals surface area contributed by atoms with Gasteiger partial charge in [-0.15, -0.1) is 0 Å². The van der Waals surface area contributed by atoms with E-state index < -0.39 is 5.79 Å². The highest BCUT2D eigenvalue weighted by atomic mass is 16.7. The van der Waals surface area contributed by atoms with Crippen molar-refractivity contribution in [2.75, 3.05) is 26.3 Å². The van der Waals surface area contributed by atoms with Gasteiger partial charge in [-0.2, -0.15) is 0 Å². The van der Waals surface area contributed by atoms with E-state index in [0.717, 1.165) is 35.5 Å². The summed E-state index contributed by atoms with van der Waals surface area (Å²) in [6.45, 7) is 2.60. The lowest BCUT2D eigenvalue weighted by Crippen LogP contribution is -2.48. The van der Waals surface area contributed by atoms with Crippen LogP contribution in [0.5, 0.6) is 11.5 Å². The molecule has 3 aliphatic rings. The number of hydrogen-bond donors (Lipinski definition) is 0. The Labute approximate surface area is 152 Å². The molecule has 0 radical (unpaired) electrons. The third-order valence-electron chi connectivity index (χ3n) is 5.58. The van der Waals surface area contributed by atoms with E-state index in [9.17, 15) is 4.79 Å². The van der Waals surface area contributed by atoms with Crippen LogP contribution < -0.4 is 4.74 Å². The highest BCUT2D eigenvalue weighted by Gasteiger charge is 2.43. The average Bonchev–Trinajstić information content (AvgIpc) is 3.14. The quantitative estimate of drug-likeness (QED) is 0.791. The molecule has 0 bridgehead atoms. The summed E-state index contributed by atoms with van der Waals surface area (Å²) in [5.41, 5.74) is 1.87. The summed E-state index contributed by atoms with van der Waals surface area (Å²) < 4.78 is 17.6. The maximum Gasteiger partial charge on any atom is 0.234 e. The van der Waals surface area contributed by atoms with E-state index in [2.05, 4.69) is 0 Å². The summed E-state index contributed by atoms with van der Waals surface area (Å²) in [4.78, 5) is 15.4. The summed E-state index contributed by atoms with van der Waals surface area (Å²) in [5, 5.41) is 0. The fourth-order valence-corrected chi connectivity index (χ4v) is 4.21. The summed E-state index contributed by atoms with van der Waals surface area (Å²) >= 11 is 0. The molecule has 0 aliphatic carbocycles. The Hall–Kier alpha value is -2.37. The number of rotatable bonds is 1. The first kappa shape index (κ1) is 15.9. The van der Waals surface area contributed by atoms with Crippen molar-refractivity contribution in [1.82, 2.24) is 4.90 Å². The number of amides is 1. The van der Waals surface area contributed by atoms with Crippen molar-refractivity contribution in [2.24, 2.45) is 0 Å². The second-order valence-corrected chi connectivity index (χ2v) is 7.04. The molecule has 0 atom stereocenters. The minimum Gasteiger partial charge on any atom is -0.457 e. The number of benzene rings is 2. The van der Waals surface area contributed by atoms with Gasteiger partial charge >= 0.3 is 0 Å². The molecule has 0 saturated carbocycles. The van der Waals surface area contributed by atoms with Crippen molar-refractivity contribution in [3.63, 3.8) is 0 Å². The number of fused-ring (bicyclic) bond motifs is 2. The Morgan fingerprint density at radius 2 is 1.42 bits per heavy atom. The van der Waals surface area contributed by atoms with E-state index in [-0.39, 0.29) is 11.8 Å². The Kier molecular flexibility index (Phi) is 3.72. The van der Waals surface area contributed by atoms with Gasteiger partial charge in [-0.1, -0.05) is 36.4 Å². The summed E-state index contributed by atoms with van der Waals surface area (Å²) in [6, 6.07) is 15.6. The average molecular weight is 351 g/mol. The number of nitrogens with zero attached hydrogens (tertiary/aromatic N) is 1. The van der Waals surface area contributed by atoms with Gasteiger partial charge in [-0.3, -0.25) is 4.79 Å². The molecule has 2 fully saturated rings. The van der Waals surface area contributed by atoms with Crippen molar-refractivity contribution in [3.05, 3.63) is 59.7 Å². The molecule has 5 heteroatoms. The largest absolute Gasteiger partial charge is 0.457 e. The molecule has 26 heavy (non-hydrogen) atoms. The van der Waals surface area contributed by atoms with E-state index in [0.29, 0.717) is 26.3 Å². The van der Waals surface area contributed by atoms with Crippen LogP contribution in [0.2, 0.25) is 0 Å². The number of ether oxygens (including phenoxy) is 3. The standard InChI is InChI=1S/C21H21NO4/c23-20(22-11-9-21(10-12-22)24-13-14-25-21)19-15-5-1-3-7-17(15)26-18-8-4-2-6-16(18)19/h1-8,19H,9-14H2. The number of carbonyl (C=O) groups excluding carboxylic acids is 1. The van der Waals surface area contributed by atoms with Crippen LogP contribution in [0.15, 0.2) is 48.5 Å². The zero-order chi connectivity index (χ0) is 17.6. The normalized spacial score (nSPS) is 21.2. The summed E-state index contributed by atoms with van der Waals surface area (Å²) in [7, 11) is 0. The van der Waals surface area contributed by atoms with Crippen LogP contribution in [0.1, 0.15) is 29.9 Å². The lowest BCUT2D eigenvalue weighted by Gasteiger charge is -2.39. The van der Waals surface area contributed by atoms with Crippen LogP contribution in [-0.2, 0) is 14.3 Å². The lowest BCUT2D eigenvalue weighted by atomic mass is 9.86. The molecule has 0 unspecified atom stereocenters. The molecule has 2 saturated heterocycles. The van der Waals surface area contributed by atoms with Crippen molar-refractivity contribution in [2.45, 2.75) is 24.5 Å². The minimum absolute atomic E-state index is 0.126. The van der Waals surface area contributed by atoms with Crippen molar-refractivity contribution < 1.29 is 19.0 Å². The Bertz CT molecular complexity index is 788. The zero-order valence-electron chi connectivity index (χ0n) is 14.5. The molecule has 5 rings (SSSR count). The summed E-state index contributed by atoms with van der Waals surface area (Å²) in [6.07, 6.45) is 1.45. The van der Waals surface area contributed by atoms with E-state index in [1.165, 1.54) is 0 Å². The third-order valence-corrected chi connectivity index (χ3v) is 5.58. The van der Waals surface area contributed by atoms with E-state index in [4.69, 9.17) is 14.2 Å². The van der Waals surface area contributed by atoms with Crippen LogP contribution in [0.3, 0.4) is 0 Å². The minimum atomic E-state index is -0.470. The van der Waals surface area contributed by atoms with Crippen LogP contribution in [0, 0.1) is 0 Å². The van der Waals surface area contributed by atoms with Gasteiger partial charge in [0.25, 0.3) is 0 Å². The molecular weight excluding hydrogens is 330 g/mol. The predicted octanol–water partition coefficient (Wildman–Crippen LogP) is 3.29. The van der Waals surface area contributed by atoms with E-state index in [1.54, 1.807) is 0 Å². The summed E-state index contributed by atoms with van der Waals surface area (Å²) in [5.74, 6) is 0.861. The van der Waals surface area contributed by atoms with Gasteiger partial charge < -0.3 is 19.1 Å². The van der Waals surface area contributed by atoms with Crippen molar-refractivity contribution >= 4 is 5.91 Å². The third kappa shape index (κ3) is 2.50. The van der Waals surface area contributed by atoms with Crippen molar-refractivity contribution in [3.8, 4) is 11.5 Å². The molecule has 2 aromatic rings. The number of hydrogen-bond acceptors (Lipinski definition) is 4. The van der Waals surface area contributed by atoms with Gasteiger partial charge in [0.05, 0.1) is 19.1 Å². The monoisotopic (exact) mass is 351 g/mol. The Balaban J connectivity index is 1.45. The van der Waals surface area contributed by atoms with Crippen LogP contribution in [0.4, 0.5) is 0 Å². The van der Waals surface area contributed by atoms with Crippen molar-refractivity contribution in [1.29, 1.82) is 0 Å². The fraction of sp³-hybridized carbons (Fsp3) is 0.381. The highest BCUT2D eigenvalue weighted by molar-refractivity contribution is 5.89. The molecule has 2 aromatic carbocycles. The SMILES string of the molecule is O=C(C1c2ccccc2Oc2ccccc21)N1CCC2(CC1)OCCO2. The molecule has 1 amide bonds. The Morgan fingerprint density at radius 3 is 2.00 bits per heavy atom. The molecule has 0 N–H and O–H groups in total. The van der Waals surface area contributed by atoms with Gasteiger partial charge in [0.15, 0.2) is 5.79 Å². The zero-order valence-corrected chi connectivity index (χ0v) is 14.5. The molecule has 134 valence electrons. The predicted molar refractivity (Wildman–Crippen MR) is 95.3 cm³/mol. The highest BCUT2D eigenvalue weighted by Crippen LogP contribution is 2.45. The maximum atomic E-state index is 13.5. The fourth-order valence-electron chi connectivity index (χ4n) is 4.21. The first-order valence-electron chi connectivity index (χ1n) is 9.18. The topological polar surface area (TPSA) is 48.0 Å². The lowest BCUT2D eigenvalue weighted by molar-refractivity contribution is -0.187. The van der Waals surface area contributed by atoms with Crippen LogP contribution in [0.25, 0.3) is 0 Å². The van der Waals surface area contributed by atoms with Gasteiger partial charge in [-0.25, -0.2) is 0 Å². The first-order chi connectivity index (χ1) is 12.8. The van der Waals surface area contributed by atoms with Crippen LogP contribution in [-0.4, -0.2) is 42.9 Å².